The molecule has 146 valence electrons. The van der Waals surface area contributed by atoms with Gasteiger partial charge in [0.05, 0.1) is 11.2 Å². The molecule has 7 nitrogen and oxygen atoms in total. The minimum absolute atomic E-state index is 0.152. The fraction of sp³-hybridized carbons (Fsp3) is 0.500. The van der Waals surface area contributed by atoms with Gasteiger partial charge in [0.15, 0.2) is 6.79 Å². The highest BCUT2D eigenvalue weighted by molar-refractivity contribution is 14.1. The number of hydrogen-bond donors (Lipinski definition) is 1. The molecule has 2 amide bonds. The molecule has 3 unspecified atom stereocenters. The molecule has 1 N–H and O–H groups in total. The third-order valence-electron chi connectivity index (χ3n) is 4.66. The zero-order valence-corrected chi connectivity index (χ0v) is 18.0. The molecule has 0 aliphatic carbocycles. The molecule has 2 aliphatic heterocycles. The topological polar surface area (TPSA) is 84.9 Å². The van der Waals surface area contributed by atoms with Crippen molar-refractivity contribution in [3.05, 3.63) is 35.9 Å². The van der Waals surface area contributed by atoms with Crippen molar-refractivity contribution >= 4 is 52.1 Å². The number of thioether (sulfide) groups is 1. The van der Waals surface area contributed by atoms with Gasteiger partial charge in [-0.1, -0.05) is 52.9 Å². The maximum absolute atomic E-state index is 12.7. The van der Waals surface area contributed by atoms with Crippen LogP contribution in [0.1, 0.15) is 12.5 Å². The first kappa shape index (κ1) is 20.4. The van der Waals surface area contributed by atoms with Gasteiger partial charge in [-0.3, -0.25) is 9.59 Å². The number of carbonyl (C=O) groups excluding carboxylic acids is 3. The first-order valence-corrected chi connectivity index (χ1v) is 10.9. The highest BCUT2D eigenvalue weighted by Gasteiger charge is 2.65. The Balaban J connectivity index is 1.68. The fourth-order valence-corrected chi connectivity index (χ4v) is 5.89. The summed E-state index contributed by atoms with van der Waals surface area (Å²) in [5.41, 5.74) is 0.885. The summed E-state index contributed by atoms with van der Waals surface area (Å²) in [6.45, 7) is 1.79. The number of methoxy groups -OCH3 is 1. The van der Waals surface area contributed by atoms with Crippen LogP contribution < -0.4 is 5.32 Å². The summed E-state index contributed by atoms with van der Waals surface area (Å²) in [5, 5.41) is 2.55. The van der Waals surface area contributed by atoms with Gasteiger partial charge in [0.25, 0.3) is 0 Å². The van der Waals surface area contributed by atoms with E-state index in [0.717, 1.165) is 5.56 Å². The molecule has 0 saturated carbocycles. The second-order valence-electron chi connectivity index (χ2n) is 6.68. The number of amides is 2. The number of halogens is 1. The zero-order chi connectivity index (χ0) is 19.6. The van der Waals surface area contributed by atoms with Crippen LogP contribution in [0.5, 0.6) is 0 Å². The lowest BCUT2D eigenvalue weighted by Gasteiger charge is -2.44. The normalized spacial score (nSPS) is 29.1. The number of esters is 1. The molecule has 1 aromatic carbocycles. The lowest BCUT2D eigenvalue weighted by Crippen LogP contribution is -2.71. The quantitative estimate of drug-likeness (QED) is 0.199. The molecule has 2 aliphatic rings. The monoisotopic (exact) mass is 504 g/mol. The first-order valence-electron chi connectivity index (χ1n) is 8.46. The van der Waals surface area contributed by atoms with Crippen molar-refractivity contribution in [3.63, 3.8) is 0 Å². The molecule has 0 spiro atoms. The Morgan fingerprint density at radius 3 is 2.67 bits per heavy atom. The third-order valence-corrected chi connectivity index (χ3v) is 8.41. The van der Waals surface area contributed by atoms with E-state index >= 15 is 0 Å². The van der Waals surface area contributed by atoms with E-state index in [1.807, 2.05) is 37.3 Å². The summed E-state index contributed by atoms with van der Waals surface area (Å²) in [6.07, 6.45) is 0.213. The van der Waals surface area contributed by atoms with Crippen LogP contribution in [-0.2, 0) is 30.3 Å². The Morgan fingerprint density at radius 2 is 2.04 bits per heavy atom. The minimum atomic E-state index is -0.686. The van der Waals surface area contributed by atoms with E-state index in [1.165, 1.54) is 23.8 Å². The Bertz CT molecular complexity index is 734. The molecule has 27 heavy (non-hydrogen) atoms. The molecule has 4 atom stereocenters. The van der Waals surface area contributed by atoms with Crippen LogP contribution in [0.2, 0.25) is 0 Å². The SMILES string of the molecule is COCOC(=O)C1N2C(=O)C(NC(=O)Cc3ccccc3)[C@H]2SC1(C)CI. The molecule has 3 rings (SSSR count). The predicted octanol–water partition coefficient (Wildman–Crippen LogP) is 1.34. The molecular formula is C18H21IN2O5S. The van der Waals surface area contributed by atoms with E-state index in [2.05, 4.69) is 27.9 Å². The van der Waals surface area contributed by atoms with E-state index in [9.17, 15) is 14.4 Å². The smallest absolute Gasteiger partial charge is 0.332 e. The van der Waals surface area contributed by atoms with Crippen LogP contribution >= 0.6 is 34.4 Å². The van der Waals surface area contributed by atoms with Crippen LogP contribution in [0.25, 0.3) is 0 Å². The van der Waals surface area contributed by atoms with Gasteiger partial charge in [-0.2, -0.15) is 0 Å². The van der Waals surface area contributed by atoms with Crippen molar-refractivity contribution < 1.29 is 23.9 Å². The lowest BCUT2D eigenvalue weighted by atomic mass is 9.96. The van der Waals surface area contributed by atoms with Crippen LogP contribution in [0.4, 0.5) is 0 Å². The Morgan fingerprint density at radius 1 is 1.33 bits per heavy atom. The Kier molecular flexibility index (Phi) is 6.32. The maximum Gasteiger partial charge on any atom is 0.332 e. The number of benzene rings is 1. The number of nitrogens with one attached hydrogen (secondary N) is 1. The molecule has 2 saturated heterocycles. The number of nitrogens with zero attached hydrogens (tertiary/aromatic N) is 1. The van der Waals surface area contributed by atoms with Crippen molar-refractivity contribution in [1.82, 2.24) is 10.2 Å². The van der Waals surface area contributed by atoms with Crippen LogP contribution in [0.15, 0.2) is 30.3 Å². The third kappa shape index (κ3) is 3.95. The molecule has 0 bridgehead atoms. The van der Waals surface area contributed by atoms with Crippen molar-refractivity contribution in [1.29, 1.82) is 0 Å². The average Bonchev–Trinajstić information content (AvgIpc) is 2.95. The molecule has 0 aromatic heterocycles. The highest BCUT2D eigenvalue weighted by atomic mass is 127. The summed E-state index contributed by atoms with van der Waals surface area (Å²) < 4.78 is 10.1. The average molecular weight is 504 g/mol. The number of β-lactam (4-membered cyclic amide) rings is 1. The van der Waals surface area contributed by atoms with Gasteiger partial charge in [0.1, 0.15) is 17.5 Å². The zero-order valence-electron chi connectivity index (χ0n) is 15.0. The Hall–Kier alpha value is -1.33. The van der Waals surface area contributed by atoms with Gasteiger partial charge in [-0.05, 0) is 12.5 Å². The highest BCUT2D eigenvalue weighted by Crippen LogP contribution is 2.52. The van der Waals surface area contributed by atoms with Gasteiger partial charge < -0.3 is 19.7 Å². The number of alkyl halides is 1. The Labute approximate surface area is 175 Å². The molecular weight excluding hydrogens is 483 g/mol. The van der Waals surface area contributed by atoms with Gasteiger partial charge >= 0.3 is 5.97 Å². The molecule has 0 radical (unpaired) electrons. The molecule has 9 heteroatoms. The van der Waals surface area contributed by atoms with Gasteiger partial charge in [-0.15, -0.1) is 11.8 Å². The van der Waals surface area contributed by atoms with E-state index < -0.39 is 22.8 Å². The van der Waals surface area contributed by atoms with Crippen molar-refractivity contribution in [2.24, 2.45) is 0 Å². The number of rotatable bonds is 7. The van der Waals surface area contributed by atoms with Crippen LogP contribution in [0.3, 0.4) is 0 Å². The first-order chi connectivity index (χ1) is 12.9. The second-order valence-corrected chi connectivity index (χ2v) is 9.09. The summed E-state index contributed by atoms with van der Waals surface area (Å²) in [6, 6.07) is 8.06. The number of ether oxygens (including phenoxy) is 2. The fourth-order valence-electron chi connectivity index (χ4n) is 3.32. The molecule has 2 heterocycles. The van der Waals surface area contributed by atoms with Gasteiger partial charge in [0.2, 0.25) is 11.8 Å². The number of fused-ring (bicyclic) bond motifs is 1. The molecule has 2 fully saturated rings. The maximum atomic E-state index is 12.7. The second kappa shape index (κ2) is 8.36. The standard InChI is InChI=1S/C18H21IN2O5S/c1-18(9-19)14(17(24)26-10-25-2)21-15(23)13(16(21)27-18)20-12(22)8-11-6-4-3-5-7-11/h3-7,13-14,16H,8-10H2,1-2H3,(H,20,22)/t13?,14?,16-,18?/m1/s1. The van der Waals surface area contributed by atoms with Crippen LogP contribution in [-0.4, -0.2) is 63.2 Å². The van der Waals surface area contributed by atoms with Crippen molar-refractivity contribution in [3.8, 4) is 0 Å². The van der Waals surface area contributed by atoms with E-state index in [4.69, 9.17) is 9.47 Å². The van der Waals surface area contributed by atoms with Gasteiger partial charge in [0, 0.05) is 11.5 Å². The summed E-state index contributed by atoms with van der Waals surface area (Å²) >= 11 is 3.74. The van der Waals surface area contributed by atoms with Crippen molar-refractivity contribution in [2.75, 3.05) is 18.3 Å². The van der Waals surface area contributed by atoms with E-state index in [1.54, 1.807) is 0 Å². The molecule has 1 aromatic rings. The largest absolute Gasteiger partial charge is 0.437 e. The van der Waals surface area contributed by atoms with Crippen LogP contribution in [0, 0.1) is 0 Å². The number of hydrogen-bond acceptors (Lipinski definition) is 6. The number of carbonyl (C=O) groups is 3. The van der Waals surface area contributed by atoms with E-state index in [-0.39, 0.29) is 30.4 Å². The minimum Gasteiger partial charge on any atom is -0.437 e. The van der Waals surface area contributed by atoms with E-state index in [0.29, 0.717) is 4.43 Å². The summed E-state index contributed by atoms with van der Waals surface area (Å²) in [7, 11) is 1.43. The predicted molar refractivity (Wildman–Crippen MR) is 109 cm³/mol. The lowest BCUT2D eigenvalue weighted by molar-refractivity contribution is -0.170. The summed E-state index contributed by atoms with van der Waals surface area (Å²) in [4.78, 5) is 39.0. The van der Waals surface area contributed by atoms with Gasteiger partial charge in [-0.25, -0.2) is 4.79 Å². The van der Waals surface area contributed by atoms with Crippen molar-refractivity contribution in [2.45, 2.75) is 35.5 Å². The summed E-state index contributed by atoms with van der Waals surface area (Å²) in [5.74, 6) is -0.934.